The van der Waals surface area contributed by atoms with E-state index in [0.717, 1.165) is 55.3 Å². The molecule has 2 aromatic carbocycles. The molecule has 1 fully saturated rings. The van der Waals surface area contributed by atoms with Crippen molar-refractivity contribution in [2.24, 2.45) is 0 Å². The number of ether oxygens (including phenoxy) is 1. The lowest BCUT2D eigenvalue weighted by molar-refractivity contribution is -0.134. The molecule has 0 aliphatic carbocycles. The predicted molar refractivity (Wildman–Crippen MR) is 170 cm³/mol. The van der Waals surface area contributed by atoms with Crippen molar-refractivity contribution in [2.75, 3.05) is 25.4 Å². The fraction of sp³-hybridized carbons (Fsp3) is 0.364. The molecule has 0 spiro atoms. The largest absolute Gasteiger partial charge is 0.478 e. The van der Waals surface area contributed by atoms with Crippen LogP contribution in [0.3, 0.4) is 0 Å². The van der Waals surface area contributed by atoms with Gasteiger partial charge < -0.3 is 19.8 Å². The summed E-state index contributed by atoms with van der Waals surface area (Å²) in [6, 6.07) is 23.3. The summed E-state index contributed by atoms with van der Waals surface area (Å²) in [5.74, 6) is -1.05. The first kappa shape index (κ1) is 32.8. The van der Waals surface area contributed by atoms with Gasteiger partial charge in [0, 0.05) is 31.0 Å². The van der Waals surface area contributed by atoms with E-state index in [1.54, 1.807) is 11.0 Å². The molecule has 0 bridgehead atoms. The third-order valence-electron chi connectivity index (χ3n) is 7.19. The zero-order chi connectivity index (χ0) is 31.3. The van der Waals surface area contributed by atoms with Gasteiger partial charge in [-0.05, 0) is 54.5 Å². The number of fused-ring (bicyclic) bond motifs is 1. The summed E-state index contributed by atoms with van der Waals surface area (Å²) in [6.07, 6.45) is 6.25. The van der Waals surface area contributed by atoms with Gasteiger partial charge in [0.2, 0.25) is 0 Å². The lowest BCUT2D eigenvalue weighted by Gasteiger charge is -2.34. The SMILES string of the molecule is CC(C)c1cc2ncnn2nc1SCCCN1CCC(OC(c2ccccc2)c2ccccc2)CC1.O=C(O)C=CC(=O)O. The molecule has 0 radical (unpaired) electrons. The highest BCUT2D eigenvalue weighted by Crippen LogP contribution is 2.31. The van der Waals surface area contributed by atoms with Gasteiger partial charge in [0.1, 0.15) is 17.5 Å². The van der Waals surface area contributed by atoms with Crippen LogP contribution in [-0.2, 0) is 14.3 Å². The zero-order valence-corrected chi connectivity index (χ0v) is 25.8. The molecule has 232 valence electrons. The highest BCUT2D eigenvalue weighted by atomic mass is 32.2. The van der Waals surface area contributed by atoms with Crippen molar-refractivity contribution in [3.63, 3.8) is 0 Å². The minimum Gasteiger partial charge on any atom is -0.478 e. The first-order valence-corrected chi connectivity index (χ1v) is 15.7. The van der Waals surface area contributed by atoms with Crippen molar-refractivity contribution in [3.8, 4) is 0 Å². The fourth-order valence-corrected chi connectivity index (χ4v) is 6.02. The van der Waals surface area contributed by atoms with Gasteiger partial charge in [-0.1, -0.05) is 74.5 Å². The Kier molecular flexibility index (Phi) is 12.5. The van der Waals surface area contributed by atoms with Crippen LogP contribution in [0.4, 0.5) is 0 Å². The van der Waals surface area contributed by atoms with E-state index < -0.39 is 11.9 Å². The minimum absolute atomic E-state index is 0.00896. The molecule has 2 aromatic heterocycles. The lowest BCUT2D eigenvalue weighted by atomic mass is 10.00. The van der Waals surface area contributed by atoms with Gasteiger partial charge in [-0.15, -0.1) is 26.6 Å². The van der Waals surface area contributed by atoms with Gasteiger partial charge in [0.05, 0.1) is 6.10 Å². The van der Waals surface area contributed by atoms with Crippen LogP contribution in [-0.4, -0.2) is 78.4 Å². The number of likely N-dealkylation sites (tertiary alicyclic amines) is 1. The number of nitrogens with zero attached hydrogens (tertiary/aromatic N) is 5. The van der Waals surface area contributed by atoms with Crippen LogP contribution < -0.4 is 0 Å². The van der Waals surface area contributed by atoms with E-state index in [9.17, 15) is 9.59 Å². The molecular weight excluding hydrogens is 578 g/mol. The van der Waals surface area contributed by atoms with Gasteiger partial charge in [0.15, 0.2) is 5.65 Å². The van der Waals surface area contributed by atoms with Crippen LogP contribution in [0, 0.1) is 0 Å². The minimum atomic E-state index is -1.26. The number of thioether (sulfide) groups is 1. The van der Waals surface area contributed by atoms with Crippen LogP contribution in [0.1, 0.15) is 61.8 Å². The molecule has 1 aliphatic rings. The molecule has 1 aliphatic heterocycles. The molecule has 2 N–H and O–H groups in total. The number of benzene rings is 2. The molecule has 5 rings (SSSR count). The Labute approximate surface area is 261 Å². The van der Waals surface area contributed by atoms with Gasteiger partial charge in [0.25, 0.3) is 0 Å². The summed E-state index contributed by atoms with van der Waals surface area (Å²) in [4.78, 5) is 26.0. The third kappa shape index (κ3) is 10.0. The number of piperidine rings is 1. The number of aliphatic carboxylic acids is 2. The van der Waals surface area contributed by atoms with Crippen molar-refractivity contribution < 1.29 is 24.5 Å². The van der Waals surface area contributed by atoms with Crippen LogP contribution in [0.2, 0.25) is 0 Å². The maximum Gasteiger partial charge on any atom is 0.328 e. The molecule has 3 heterocycles. The standard InChI is InChI=1S/C29H35N5OS.C4H4O4/c1-22(2)26-20-27-30-21-31-34(27)32-29(26)36-19-9-16-33-17-14-25(15-18-33)35-28(23-10-5-3-6-11-23)24-12-7-4-8-13-24;5-3(6)1-2-4(7)8/h3-8,10-13,20-22,25,28H,9,14-19H2,1-2H3;1-2H,(H,5,6)(H,7,8). The maximum atomic E-state index is 9.55. The zero-order valence-electron chi connectivity index (χ0n) is 25.0. The van der Waals surface area contributed by atoms with E-state index in [1.807, 2.05) is 11.8 Å². The van der Waals surface area contributed by atoms with Gasteiger partial charge >= 0.3 is 11.9 Å². The van der Waals surface area contributed by atoms with E-state index >= 15 is 0 Å². The molecule has 11 heteroatoms. The summed E-state index contributed by atoms with van der Waals surface area (Å²) in [6.45, 7) is 7.71. The second-order valence-corrected chi connectivity index (χ2v) is 11.8. The summed E-state index contributed by atoms with van der Waals surface area (Å²) in [5.41, 5.74) is 4.52. The van der Waals surface area contributed by atoms with Crippen molar-refractivity contribution in [2.45, 2.75) is 56.3 Å². The number of carboxylic acids is 2. The van der Waals surface area contributed by atoms with Crippen molar-refractivity contribution >= 4 is 29.3 Å². The number of carbonyl (C=O) groups is 2. The van der Waals surface area contributed by atoms with Crippen LogP contribution in [0.15, 0.2) is 90.2 Å². The van der Waals surface area contributed by atoms with Crippen molar-refractivity contribution in [1.29, 1.82) is 0 Å². The highest BCUT2D eigenvalue weighted by molar-refractivity contribution is 7.99. The Morgan fingerprint density at radius 3 is 2.11 bits per heavy atom. The molecule has 0 unspecified atom stereocenters. The summed E-state index contributed by atoms with van der Waals surface area (Å²) in [5, 5.41) is 25.6. The highest BCUT2D eigenvalue weighted by Gasteiger charge is 2.24. The number of rotatable bonds is 12. The Morgan fingerprint density at radius 1 is 0.977 bits per heavy atom. The summed E-state index contributed by atoms with van der Waals surface area (Å²) < 4.78 is 8.34. The van der Waals surface area contributed by atoms with E-state index in [0.29, 0.717) is 18.1 Å². The number of hydrogen-bond acceptors (Lipinski definition) is 8. The van der Waals surface area contributed by atoms with Gasteiger partial charge in [-0.2, -0.15) is 0 Å². The molecule has 4 aromatic rings. The van der Waals surface area contributed by atoms with Crippen molar-refractivity contribution in [3.05, 3.63) is 102 Å². The third-order valence-corrected chi connectivity index (χ3v) is 8.27. The number of hydrogen-bond donors (Lipinski definition) is 2. The van der Waals surface area contributed by atoms with E-state index in [-0.39, 0.29) is 12.2 Å². The Balaban J connectivity index is 0.000000488. The normalized spacial score (nSPS) is 14.3. The van der Waals surface area contributed by atoms with E-state index in [2.05, 4.69) is 95.6 Å². The van der Waals surface area contributed by atoms with Crippen LogP contribution in [0.25, 0.3) is 5.65 Å². The van der Waals surface area contributed by atoms with Crippen molar-refractivity contribution in [1.82, 2.24) is 24.7 Å². The predicted octanol–water partition coefficient (Wildman–Crippen LogP) is 5.71. The van der Waals surface area contributed by atoms with E-state index in [4.69, 9.17) is 20.0 Å². The Morgan fingerprint density at radius 2 is 1.57 bits per heavy atom. The smallest absolute Gasteiger partial charge is 0.328 e. The fourth-order valence-electron chi connectivity index (χ4n) is 4.95. The topological polar surface area (TPSA) is 130 Å². The molecule has 0 saturated carbocycles. The van der Waals surface area contributed by atoms with Gasteiger partial charge in [-0.3, -0.25) is 0 Å². The quantitative estimate of drug-likeness (QED) is 0.116. The first-order chi connectivity index (χ1) is 21.3. The monoisotopic (exact) mass is 617 g/mol. The second-order valence-electron chi connectivity index (χ2n) is 10.8. The van der Waals surface area contributed by atoms with Crippen LogP contribution >= 0.6 is 11.8 Å². The lowest BCUT2D eigenvalue weighted by Crippen LogP contribution is -2.38. The average molecular weight is 618 g/mol. The van der Waals surface area contributed by atoms with Gasteiger partial charge in [-0.25, -0.2) is 14.6 Å². The summed E-state index contributed by atoms with van der Waals surface area (Å²) >= 11 is 1.84. The second kappa shape index (κ2) is 16.7. The number of carboxylic acid groups (broad SMARTS) is 2. The molecular formula is C33H39N5O5S. The molecule has 1 saturated heterocycles. The molecule has 10 nitrogen and oxygen atoms in total. The Hall–Kier alpha value is -4.06. The molecule has 0 atom stereocenters. The van der Waals surface area contributed by atoms with Crippen LogP contribution in [0.5, 0.6) is 0 Å². The first-order valence-electron chi connectivity index (χ1n) is 14.8. The molecule has 44 heavy (non-hydrogen) atoms. The van der Waals surface area contributed by atoms with E-state index in [1.165, 1.54) is 16.7 Å². The number of aromatic nitrogens is 4. The maximum absolute atomic E-state index is 9.55. The molecule has 0 amide bonds. The average Bonchev–Trinajstić information content (AvgIpc) is 3.50. The Bertz CT molecular complexity index is 1450. The summed E-state index contributed by atoms with van der Waals surface area (Å²) in [7, 11) is 0.